The largest absolute Gasteiger partial charge is 0.480 e. The van der Waals surface area contributed by atoms with Crippen molar-refractivity contribution in [2.45, 2.75) is 70.9 Å². The molecule has 1 fully saturated rings. The molecule has 0 unspecified atom stereocenters. The molecular formula is C13H25NO2. The van der Waals surface area contributed by atoms with Gasteiger partial charge >= 0.3 is 5.97 Å². The fraction of sp³-hybridized carbons (Fsp3) is 0.923. The van der Waals surface area contributed by atoms with E-state index in [1.165, 1.54) is 25.7 Å². The lowest BCUT2D eigenvalue weighted by molar-refractivity contribution is -0.151. The Morgan fingerprint density at radius 2 is 1.75 bits per heavy atom. The first-order chi connectivity index (χ1) is 7.50. The van der Waals surface area contributed by atoms with Gasteiger partial charge in [-0.05, 0) is 33.2 Å². The summed E-state index contributed by atoms with van der Waals surface area (Å²) >= 11 is 0. The first kappa shape index (κ1) is 13.5. The Labute approximate surface area is 98.8 Å². The fourth-order valence-electron chi connectivity index (χ4n) is 2.80. The molecule has 0 amide bonds. The van der Waals surface area contributed by atoms with Crippen molar-refractivity contribution < 1.29 is 9.90 Å². The minimum atomic E-state index is -0.732. The Kier molecular flexibility index (Phi) is 4.78. The van der Waals surface area contributed by atoms with Crippen LogP contribution in [0.25, 0.3) is 0 Å². The maximum absolute atomic E-state index is 11.3. The maximum Gasteiger partial charge on any atom is 0.323 e. The highest BCUT2D eigenvalue weighted by Gasteiger charge is 2.37. The van der Waals surface area contributed by atoms with Crippen LogP contribution in [0.1, 0.15) is 59.3 Å². The Hall–Kier alpha value is -0.570. The van der Waals surface area contributed by atoms with Gasteiger partial charge in [-0.3, -0.25) is 9.69 Å². The van der Waals surface area contributed by atoms with Crippen molar-refractivity contribution in [3.8, 4) is 0 Å². The Morgan fingerprint density at radius 3 is 2.12 bits per heavy atom. The normalized spacial score (nSPS) is 19.8. The monoisotopic (exact) mass is 227 g/mol. The number of carboxylic acids is 1. The zero-order valence-corrected chi connectivity index (χ0v) is 10.8. The van der Waals surface area contributed by atoms with Crippen LogP contribution >= 0.6 is 0 Å². The molecule has 1 rings (SSSR count). The molecule has 0 spiro atoms. The highest BCUT2D eigenvalue weighted by Crippen LogP contribution is 2.27. The zero-order valence-electron chi connectivity index (χ0n) is 10.8. The molecular weight excluding hydrogens is 202 g/mol. The van der Waals surface area contributed by atoms with Gasteiger partial charge in [-0.15, -0.1) is 0 Å². The molecule has 16 heavy (non-hydrogen) atoms. The van der Waals surface area contributed by atoms with Crippen LogP contribution in [-0.2, 0) is 4.79 Å². The maximum atomic E-state index is 11.3. The third kappa shape index (κ3) is 2.97. The van der Waals surface area contributed by atoms with Crippen LogP contribution in [0.15, 0.2) is 0 Å². The number of carbonyl (C=O) groups is 1. The molecule has 0 aliphatic heterocycles. The molecule has 1 saturated carbocycles. The topological polar surface area (TPSA) is 40.5 Å². The highest BCUT2D eigenvalue weighted by atomic mass is 16.4. The van der Waals surface area contributed by atoms with E-state index in [0.717, 1.165) is 19.4 Å². The van der Waals surface area contributed by atoms with E-state index in [1.54, 1.807) is 0 Å². The smallest absolute Gasteiger partial charge is 0.323 e. The minimum absolute atomic E-state index is 0.457. The number of aliphatic carboxylic acids is 1. The van der Waals surface area contributed by atoms with Gasteiger partial charge in [0.15, 0.2) is 0 Å². The van der Waals surface area contributed by atoms with Crippen molar-refractivity contribution in [3.05, 3.63) is 0 Å². The lowest BCUT2D eigenvalue weighted by Crippen LogP contribution is -2.54. The molecule has 3 heteroatoms. The first-order valence-electron chi connectivity index (χ1n) is 6.50. The summed E-state index contributed by atoms with van der Waals surface area (Å²) in [6.45, 7) is 6.53. The average molecular weight is 227 g/mol. The third-order valence-corrected chi connectivity index (χ3v) is 3.85. The van der Waals surface area contributed by atoms with E-state index in [2.05, 4.69) is 11.8 Å². The van der Waals surface area contributed by atoms with E-state index in [-0.39, 0.29) is 0 Å². The summed E-state index contributed by atoms with van der Waals surface area (Å²) in [6, 6.07) is 0.457. The Balaban J connectivity index is 2.75. The number of carboxylic acid groups (broad SMARTS) is 1. The summed E-state index contributed by atoms with van der Waals surface area (Å²) in [5.74, 6) is -0.710. The molecule has 0 aromatic carbocycles. The molecule has 0 aromatic rings. The quantitative estimate of drug-likeness (QED) is 0.751. The third-order valence-electron chi connectivity index (χ3n) is 3.85. The van der Waals surface area contributed by atoms with Crippen molar-refractivity contribution in [1.29, 1.82) is 0 Å². The summed E-state index contributed by atoms with van der Waals surface area (Å²) in [4.78, 5) is 13.5. The number of likely N-dealkylation sites (N-methyl/N-ethyl adjacent to an activating group) is 1. The number of rotatable bonds is 4. The van der Waals surface area contributed by atoms with Crippen molar-refractivity contribution in [3.63, 3.8) is 0 Å². The van der Waals surface area contributed by atoms with Crippen LogP contribution in [0, 0.1) is 0 Å². The van der Waals surface area contributed by atoms with Crippen molar-refractivity contribution in [1.82, 2.24) is 4.90 Å². The second kappa shape index (κ2) is 5.67. The van der Waals surface area contributed by atoms with Gasteiger partial charge in [-0.2, -0.15) is 0 Å². The lowest BCUT2D eigenvalue weighted by atomic mass is 9.96. The molecule has 1 aliphatic carbocycles. The van der Waals surface area contributed by atoms with Crippen LogP contribution in [0.2, 0.25) is 0 Å². The Bertz CT molecular complexity index is 230. The van der Waals surface area contributed by atoms with Crippen molar-refractivity contribution in [2.75, 3.05) is 6.54 Å². The van der Waals surface area contributed by atoms with E-state index in [4.69, 9.17) is 0 Å². The molecule has 0 heterocycles. The second-order valence-electron chi connectivity index (χ2n) is 5.30. The van der Waals surface area contributed by atoms with Gasteiger partial charge in [0.1, 0.15) is 5.54 Å². The van der Waals surface area contributed by atoms with Gasteiger partial charge in [0, 0.05) is 6.04 Å². The zero-order chi connectivity index (χ0) is 12.2. The molecule has 94 valence electrons. The predicted octanol–water partition coefficient (Wildman–Crippen LogP) is 2.89. The van der Waals surface area contributed by atoms with Gasteiger partial charge in [0.2, 0.25) is 0 Å². The van der Waals surface area contributed by atoms with Gasteiger partial charge < -0.3 is 5.11 Å². The fourth-order valence-corrected chi connectivity index (χ4v) is 2.80. The molecule has 0 radical (unpaired) electrons. The first-order valence-corrected chi connectivity index (χ1v) is 6.50. The lowest BCUT2D eigenvalue weighted by Gasteiger charge is -2.40. The van der Waals surface area contributed by atoms with Crippen LogP contribution in [0.5, 0.6) is 0 Å². The molecule has 0 bridgehead atoms. The summed E-state index contributed by atoms with van der Waals surface area (Å²) in [5, 5.41) is 9.30. The van der Waals surface area contributed by atoms with Gasteiger partial charge in [0.05, 0.1) is 0 Å². The Morgan fingerprint density at radius 1 is 1.25 bits per heavy atom. The molecule has 0 atom stereocenters. The second-order valence-corrected chi connectivity index (χ2v) is 5.30. The minimum Gasteiger partial charge on any atom is -0.480 e. The predicted molar refractivity (Wildman–Crippen MR) is 65.6 cm³/mol. The number of hydrogen-bond acceptors (Lipinski definition) is 2. The molecule has 1 N–H and O–H groups in total. The summed E-state index contributed by atoms with van der Waals surface area (Å²) < 4.78 is 0. The highest BCUT2D eigenvalue weighted by molar-refractivity contribution is 5.77. The van der Waals surface area contributed by atoms with Crippen LogP contribution < -0.4 is 0 Å². The molecule has 0 aromatic heterocycles. The average Bonchev–Trinajstić information content (AvgIpc) is 2.47. The summed E-state index contributed by atoms with van der Waals surface area (Å²) in [7, 11) is 0. The van der Waals surface area contributed by atoms with Crippen LogP contribution in [0.3, 0.4) is 0 Å². The molecule has 3 nitrogen and oxygen atoms in total. The van der Waals surface area contributed by atoms with Crippen LogP contribution in [0.4, 0.5) is 0 Å². The SMILES string of the molecule is CCN(C1CCCCCC1)C(C)(C)C(=O)O. The van der Waals surface area contributed by atoms with E-state index < -0.39 is 11.5 Å². The van der Waals surface area contributed by atoms with Gasteiger partial charge in [-0.1, -0.05) is 32.6 Å². The summed E-state index contributed by atoms with van der Waals surface area (Å²) in [5.41, 5.74) is -0.732. The van der Waals surface area contributed by atoms with E-state index in [1.807, 2.05) is 13.8 Å². The van der Waals surface area contributed by atoms with E-state index in [9.17, 15) is 9.90 Å². The van der Waals surface area contributed by atoms with Crippen molar-refractivity contribution >= 4 is 5.97 Å². The standard InChI is InChI=1S/C13H25NO2/c1-4-14(13(2,3)12(15)16)11-9-7-5-6-8-10-11/h11H,4-10H2,1-3H3,(H,15,16). The van der Waals surface area contributed by atoms with Crippen molar-refractivity contribution in [2.24, 2.45) is 0 Å². The van der Waals surface area contributed by atoms with Crippen LogP contribution in [-0.4, -0.2) is 34.1 Å². The number of hydrogen-bond donors (Lipinski definition) is 1. The van der Waals surface area contributed by atoms with E-state index >= 15 is 0 Å². The number of nitrogens with zero attached hydrogens (tertiary/aromatic N) is 1. The van der Waals surface area contributed by atoms with Gasteiger partial charge in [-0.25, -0.2) is 0 Å². The summed E-state index contributed by atoms with van der Waals surface area (Å²) in [6.07, 6.45) is 7.42. The molecule has 0 saturated heterocycles. The van der Waals surface area contributed by atoms with Gasteiger partial charge in [0.25, 0.3) is 0 Å². The molecule has 1 aliphatic rings. The van der Waals surface area contributed by atoms with E-state index in [0.29, 0.717) is 6.04 Å².